The Balaban J connectivity index is 1.44. The Labute approximate surface area is 239 Å². The zero-order valence-corrected chi connectivity index (χ0v) is 22.8. The van der Waals surface area contributed by atoms with Crippen molar-refractivity contribution in [1.82, 2.24) is 24.7 Å². The van der Waals surface area contributed by atoms with Gasteiger partial charge in [0.15, 0.2) is 0 Å². The van der Waals surface area contributed by atoms with Gasteiger partial charge in [0.1, 0.15) is 23.6 Å². The van der Waals surface area contributed by atoms with Gasteiger partial charge in [0.05, 0.1) is 29.8 Å². The number of nitrogen functional groups attached to an aromatic ring is 1. The van der Waals surface area contributed by atoms with Crippen LogP contribution in [-0.4, -0.2) is 37.7 Å². The molecular weight excluding hydrogens is 540 g/mol. The van der Waals surface area contributed by atoms with Gasteiger partial charge in [0.25, 0.3) is 5.91 Å². The number of nitrogens with one attached hydrogen (secondary N) is 1. The molecule has 3 aromatic heterocycles. The van der Waals surface area contributed by atoms with Crippen LogP contribution in [0.3, 0.4) is 0 Å². The second-order valence-corrected chi connectivity index (χ2v) is 10.2. The molecule has 0 saturated heterocycles. The van der Waals surface area contributed by atoms with E-state index in [1.807, 2.05) is 79.7 Å². The zero-order valence-electron chi connectivity index (χ0n) is 22.1. The Kier molecular flexibility index (Phi) is 5.76. The van der Waals surface area contributed by atoms with Gasteiger partial charge in [-0.1, -0.05) is 54.1 Å². The molecule has 0 radical (unpaired) electrons. The number of hydrogen-bond donors (Lipinski definition) is 2. The molecule has 0 spiro atoms. The summed E-state index contributed by atoms with van der Waals surface area (Å²) in [5.74, 6) is 0.702. The number of halogens is 1. The minimum atomic E-state index is -0.422. The number of carbonyl (C=O) groups excluding carboxylic acids is 1. The molecule has 0 saturated carbocycles. The quantitative estimate of drug-likeness (QED) is 0.256. The summed E-state index contributed by atoms with van der Waals surface area (Å²) in [4.78, 5) is 26.3. The van der Waals surface area contributed by atoms with Gasteiger partial charge in [0.2, 0.25) is 11.8 Å². The fraction of sp³-hybridized carbons (Fsp3) is 0.0968. The lowest BCUT2D eigenvalue weighted by atomic mass is 9.84. The standard InChI is InChI=1S/C31H23ClN6O3/c1-16-23-25(18-8-10-19(32)11-9-18)26-28(33)34-15-35-29(26)41-31(23)38(37-16)30(39)27-24(17-6-4-3-5-7-17)21-14-20(40-2)12-13-22(21)36-27/h3-15,25,36H,1-2H3,(H2,33,34,35). The minimum Gasteiger partial charge on any atom is -0.497 e. The monoisotopic (exact) mass is 562 g/mol. The Morgan fingerprint density at radius 3 is 2.59 bits per heavy atom. The number of carbonyl (C=O) groups is 1. The van der Waals surface area contributed by atoms with E-state index in [9.17, 15) is 4.79 Å². The van der Waals surface area contributed by atoms with E-state index in [0.717, 1.165) is 27.6 Å². The van der Waals surface area contributed by atoms with Crippen LogP contribution in [0, 0.1) is 6.92 Å². The average Bonchev–Trinajstić information content (AvgIpc) is 3.54. The topological polar surface area (TPSA) is 121 Å². The Hall–Kier alpha value is -5.15. The molecule has 0 bridgehead atoms. The maximum atomic E-state index is 14.4. The zero-order chi connectivity index (χ0) is 28.2. The van der Waals surface area contributed by atoms with Crippen molar-refractivity contribution in [2.45, 2.75) is 12.8 Å². The molecule has 0 amide bonds. The molecule has 41 heavy (non-hydrogen) atoms. The number of aryl methyl sites for hydroxylation is 1. The van der Waals surface area contributed by atoms with Crippen LogP contribution < -0.4 is 15.2 Å². The van der Waals surface area contributed by atoms with Gasteiger partial charge in [-0.2, -0.15) is 9.78 Å². The number of methoxy groups -OCH3 is 1. The van der Waals surface area contributed by atoms with E-state index in [1.165, 1.54) is 11.0 Å². The Bertz CT molecular complexity index is 1960. The molecule has 3 aromatic carbocycles. The fourth-order valence-corrected chi connectivity index (χ4v) is 5.65. The highest BCUT2D eigenvalue weighted by atomic mass is 35.5. The van der Waals surface area contributed by atoms with E-state index in [0.29, 0.717) is 33.3 Å². The molecule has 0 aliphatic carbocycles. The molecule has 1 aliphatic heterocycles. The van der Waals surface area contributed by atoms with Crippen molar-refractivity contribution in [2.75, 3.05) is 12.8 Å². The van der Waals surface area contributed by atoms with Crippen LogP contribution in [0.1, 0.15) is 38.8 Å². The second kappa shape index (κ2) is 9.50. The van der Waals surface area contributed by atoms with Crippen LogP contribution in [0.15, 0.2) is 79.1 Å². The number of fused-ring (bicyclic) bond motifs is 3. The van der Waals surface area contributed by atoms with Gasteiger partial charge in [0, 0.05) is 21.5 Å². The lowest BCUT2D eigenvalue weighted by Gasteiger charge is -2.26. The number of hydrogen-bond acceptors (Lipinski definition) is 7. The first-order chi connectivity index (χ1) is 19.9. The third-order valence-corrected chi connectivity index (χ3v) is 7.64. The number of nitrogens with two attached hydrogens (primary N) is 1. The first-order valence-corrected chi connectivity index (χ1v) is 13.3. The van der Waals surface area contributed by atoms with Crippen molar-refractivity contribution >= 4 is 34.2 Å². The summed E-state index contributed by atoms with van der Waals surface area (Å²) in [6, 6.07) is 22.8. The number of aromatic amines is 1. The number of ether oxygens (including phenoxy) is 2. The lowest BCUT2D eigenvalue weighted by molar-refractivity contribution is 0.0931. The van der Waals surface area contributed by atoms with Gasteiger partial charge >= 0.3 is 0 Å². The number of rotatable bonds is 4. The number of anilines is 1. The van der Waals surface area contributed by atoms with E-state index in [2.05, 4.69) is 15.0 Å². The summed E-state index contributed by atoms with van der Waals surface area (Å²) in [5, 5.41) is 6.15. The smallest absolute Gasteiger partial charge is 0.298 e. The largest absolute Gasteiger partial charge is 0.497 e. The van der Waals surface area contributed by atoms with Crippen LogP contribution in [-0.2, 0) is 0 Å². The number of H-pyrrole nitrogens is 1. The molecule has 202 valence electrons. The highest BCUT2D eigenvalue weighted by Crippen LogP contribution is 2.49. The molecule has 1 aliphatic rings. The van der Waals surface area contributed by atoms with Crippen LogP contribution in [0.4, 0.5) is 5.82 Å². The van der Waals surface area contributed by atoms with Gasteiger partial charge in [-0.05, 0) is 48.4 Å². The molecule has 9 nitrogen and oxygen atoms in total. The number of benzene rings is 3. The molecule has 1 atom stereocenters. The number of nitrogens with zero attached hydrogens (tertiary/aromatic N) is 4. The molecule has 6 aromatic rings. The number of aromatic nitrogens is 5. The molecule has 7 rings (SSSR count). The molecule has 0 fully saturated rings. The van der Waals surface area contributed by atoms with E-state index in [4.69, 9.17) is 31.9 Å². The van der Waals surface area contributed by atoms with Crippen molar-refractivity contribution in [1.29, 1.82) is 0 Å². The maximum Gasteiger partial charge on any atom is 0.298 e. The molecule has 3 N–H and O–H groups in total. The van der Waals surface area contributed by atoms with Gasteiger partial charge in [-0.25, -0.2) is 9.97 Å². The van der Waals surface area contributed by atoms with Crippen LogP contribution in [0.25, 0.3) is 22.0 Å². The lowest BCUT2D eigenvalue weighted by Crippen LogP contribution is -2.20. The summed E-state index contributed by atoms with van der Waals surface area (Å²) in [6.45, 7) is 1.84. The average molecular weight is 563 g/mol. The SMILES string of the molecule is COc1ccc2[nH]c(C(=O)n3nc(C)c4c3Oc3ncnc(N)c3C4c3ccc(Cl)cc3)c(-c3ccccc3)c2c1. The summed E-state index contributed by atoms with van der Waals surface area (Å²) < 4.78 is 13.1. The highest BCUT2D eigenvalue weighted by molar-refractivity contribution is 6.30. The predicted molar refractivity (Wildman–Crippen MR) is 156 cm³/mol. The first kappa shape index (κ1) is 24.9. The van der Waals surface area contributed by atoms with Crippen LogP contribution in [0.2, 0.25) is 5.02 Å². The molecule has 4 heterocycles. The molecule has 1 unspecified atom stereocenters. The van der Waals surface area contributed by atoms with E-state index in [1.54, 1.807) is 7.11 Å². The molecular formula is C31H23ClN6O3. The Morgan fingerprint density at radius 1 is 1.05 bits per heavy atom. The first-order valence-electron chi connectivity index (χ1n) is 12.9. The highest BCUT2D eigenvalue weighted by Gasteiger charge is 2.39. The summed E-state index contributed by atoms with van der Waals surface area (Å²) >= 11 is 6.20. The summed E-state index contributed by atoms with van der Waals surface area (Å²) in [7, 11) is 1.61. The van der Waals surface area contributed by atoms with Gasteiger partial charge in [-0.15, -0.1) is 0 Å². The predicted octanol–water partition coefficient (Wildman–Crippen LogP) is 6.35. The van der Waals surface area contributed by atoms with E-state index < -0.39 is 5.92 Å². The second-order valence-electron chi connectivity index (χ2n) is 9.74. The Morgan fingerprint density at radius 2 is 1.83 bits per heavy atom. The third kappa shape index (κ3) is 3.93. The van der Waals surface area contributed by atoms with Crippen molar-refractivity contribution in [3.63, 3.8) is 0 Å². The van der Waals surface area contributed by atoms with Crippen LogP contribution in [0.5, 0.6) is 17.5 Å². The minimum absolute atomic E-state index is 0.267. The van der Waals surface area contributed by atoms with E-state index >= 15 is 0 Å². The summed E-state index contributed by atoms with van der Waals surface area (Å²) in [6.07, 6.45) is 1.34. The van der Waals surface area contributed by atoms with Gasteiger partial charge in [-0.3, -0.25) is 4.79 Å². The van der Waals surface area contributed by atoms with E-state index in [-0.39, 0.29) is 23.5 Å². The normalized spacial score (nSPS) is 13.9. The van der Waals surface area contributed by atoms with Crippen LogP contribution >= 0.6 is 11.6 Å². The van der Waals surface area contributed by atoms with Crippen molar-refractivity contribution in [3.05, 3.63) is 112 Å². The van der Waals surface area contributed by atoms with Gasteiger partial charge < -0.3 is 20.2 Å². The maximum absolute atomic E-state index is 14.4. The van der Waals surface area contributed by atoms with Crippen molar-refractivity contribution < 1.29 is 14.3 Å². The molecule has 10 heteroatoms. The van der Waals surface area contributed by atoms with Crippen molar-refractivity contribution in [3.8, 4) is 28.6 Å². The van der Waals surface area contributed by atoms with Crippen molar-refractivity contribution in [2.24, 2.45) is 0 Å². The fourth-order valence-electron chi connectivity index (χ4n) is 5.52. The third-order valence-electron chi connectivity index (χ3n) is 7.39. The summed E-state index contributed by atoms with van der Waals surface area (Å²) in [5.41, 5.74) is 11.9.